The van der Waals surface area contributed by atoms with Gasteiger partial charge in [0.05, 0.1) is 6.61 Å². The molecule has 1 unspecified atom stereocenters. The summed E-state index contributed by atoms with van der Waals surface area (Å²) in [5, 5.41) is 8.48. The molecule has 0 aliphatic carbocycles. The van der Waals surface area contributed by atoms with Crippen molar-refractivity contribution in [2.45, 2.75) is 38.2 Å². The molecule has 1 atom stereocenters. The predicted molar refractivity (Wildman–Crippen MR) is 46.8 cm³/mol. The Morgan fingerprint density at radius 3 is 2.64 bits per heavy atom. The fourth-order valence-corrected chi connectivity index (χ4v) is 0.882. The van der Waals surface area contributed by atoms with Gasteiger partial charge in [0.25, 0.3) is 0 Å². The average Bonchev–Trinajstić information content (AvgIpc) is 2.04. The second-order valence-electron chi connectivity index (χ2n) is 2.52. The maximum absolute atomic E-state index is 8.48. The topological polar surface area (TPSA) is 29.5 Å². The van der Waals surface area contributed by atoms with Crippen LogP contribution in [0.25, 0.3) is 0 Å². The van der Waals surface area contributed by atoms with Gasteiger partial charge in [-0.25, -0.2) is 0 Å². The minimum atomic E-state index is -0.517. The summed E-state index contributed by atoms with van der Waals surface area (Å²) in [6.45, 7) is 2.73. The van der Waals surface area contributed by atoms with E-state index in [0.29, 0.717) is 6.61 Å². The lowest BCUT2D eigenvalue weighted by atomic mass is 10.2. The number of aliphatic hydroxyl groups is 1. The van der Waals surface area contributed by atoms with Crippen LogP contribution in [0.15, 0.2) is 0 Å². The number of aliphatic hydroxyl groups excluding tert-OH is 1. The number of rotatable bonds is 7. The molecule has 0 spiro atoms. The summed E-state index contributed by atoms with van der Waals surface area (Å²) >= 11 is 5.51. The Morgan fingerprint density at radius 2 is 2.09 bits per heavy atom. The van der Waals surface area contributed by atoms with E-state index >= 15 is 0 Å². The third kappa shape index (κ3) is 8.11. The molecule has 1 N–H and O–H groups in total. The van der Waals surface area contributed by atoms with Crippen molar-refractivity contribution in [2.75, 3.05) is 13.2 Å². The summed E-state index contributed by atoms with van der Waals surface area (Å²) in [6, 6.07) is 0. The van der Waals surface area contributed by atoms with Crippen molar-refractivity contribution in [1.82, 2.24) is 0 Å². The van der Waals surface area contributed by atoms with E-state index in [0.717, 1.165) is 6.42 Å². The van der Waals surface area contributed by atoms with E-state index in [2.05, 4.69) is 6.92 Å². The summed E-state index contributed by atoms with van der Waals surface area (Å²) in [4.78, 5) is 0. The molecule has 0 rings (SSSR count). The van der Waals surface area contributed by atoms with E-state index in [1.165, 1.54) is 19.3 Å². The maximum atomic E-state index is 8.48. The van der Waals surface area contributed by atoms with Gasteiger partial charge in [-0.2, -0.15) is 0 Å². The first-order chi connectivity index (χ1) is 5.31. The van der Waals surface area contributed by atoms with E-state index < -0.39 is 5.56 Å². The molecular weight excluding hydrogens is 164 g/mol. The number of hydrogen-bond donors (Lipinski definition) is 1. The lowest BCUT2D eigenvalue weighted by Crippen LogP contribution is -2.10. The van der Waals surface area contributed by atoms with Gasteiger partial charge in [-0.15, -0.1) is 0 Å². The van der Waals surface area contributed by atoms with Gasteiger partial charge in [0.1, 0.15) is 0 Å². The number of halogens is 1. The first-order valence-corrected chi connectivity index (χ1v) is 4.61. The quantitative estimate of drug-likeness (QED) is 0.481. The summed E-state index contributed by atoms with van der Waals surface area (Å²) in [5.74, 6) is 0. The van der Waals surface area contributed by atoms with Gasteiger partial charge in [-0.1, -0.05) is 37.8 Å². The molecular formula is C8H17ClO2. The zero-order valence-corrected chi connectivity index (χ0v) is 7.81. The Bertz CT molecular complexity index is 78.5. The number of alkyl halides is 1. The molecule has 0 aromatic heterocycles. The fraction of sp³-hybridized carbons (Fsp3) is 1.00. The first-order valence-electron chi connectivity index (χ1n) is 4.17. The third-order valence-electron chi connectivity index (χ3n) is 1.44. The van der Waals surface area contributed by atoms with Gasteiger partial charge in [0.15, 0.2) is 5.56 Å². The molecule has 0 bridgehead atoms. The SMILES string of the molecule is CCCCCCOC(Cl)CO. The third-order valence-corrected chi connectivity index (χ3v) is 1.70. The van der Waals surface area contributed by atoms with Crippen LogP contribution < -0.4 is 0 Å². The van der Waals surface area contributed by atoms with Crippen LogP contribution in [-0.4, -0.2) is 23.9 Å². The average molecular weight is 181 g/mol. The van der Waals surface area contributed by atoms with Crippen LogP contribution in [0.3, 0.4) is 0 Å². The Balaban J connectivity index is 2.89. The summed E-state index contributed by atoms with van der Waals surface area (Å²) in [5.41, 5.74) is -0.517. The molecule has 0 aromatic carbocycles. The molecule has 2 nitrogen and oxygen atoms in total. The molecule has 0 heterocycles. The van der Waals surface area contributed by atoms with Crippen molar-refractivity contribution >= 4 is 11.6 Å². The monoisotopic (exact) mass is 180 g/mol. The molecule has 0 radical (unpaired) electrons. The molecule has 0 saturated carbocycles. The van der Waals surface area contributed by atoms with E-state index in [1.807, 2.05) is 0 Å². The smallest absolute Gasteiger partial charge is 0.154 e. The number of hydrogen-bond acceptors (Lipinski definition) is 2. The zero-order valence-electron chi connectivity index (χ0n) is 7.05. The van der Waals surface area contributed by atoms with E-state index in [4.69, 9.17) is 21.4 Å². The van der Waals surface area contributed by atoms with Crippen molar-refractivity contribution in [2.24, 2.45) is 0 Å². The van der Waals surface area contributed by atoms with Crippen molar-refractivity contribution in [1.29, 1.82) is 0 Å². The lowest BCUT2D eigenvalue weighted by molar-refractivity contribution is 0.0615. The van der Waals surface area contributed by atoms with Crippen molar-refractivity contribution < 1.29 is 9.84 Å². The minimum Gasteiger partial charge on any atom is -0.392 e. The van der Waals surface area contributed by atoms with Crippen molar-refractivity contribution in [3.63, 3.8) is 0 Å². The molecule has 0 fully saturated rings. The molecule has 0 saturated heterocycles. The van der Waals surface area contributed by atoms with Gasteiger partial charge in [-0.05, 0) is 6.42 Å². The molecule has 11 heavy (non-hydrogen) atoms. The highest BCUT2D eigenvalue weighted by Gasteiger charge is 1.99. The van der Waals surface area contributed by atoms with Gasteiger partial charge in [-0.3, -0.25) is 0 Å². The van der Waals surface area contributed by atoms with Crippen LogP contribution >= 0.6 is 11.6 Å². The van der Waals surface area contributed by atoms with Crippen LogP contribution in [0.1, 0.15) is 32.6 Å². The summed E-state index contributed by atoms with van der Waals surface area (Å²) in [7, 11) is 0. The van der Waals surface area contributed by atoms with E-state index in [-0.39, 0.29) is 6.61 Å². The molecule has 0 amide bonds. The lowest BCUT2D eigenvalue weighted by Gasteiger charge is -2.06. The molecule has 0 aliphatic heterocycles. The highest BCUT2D eigenvalue weighted by molar-refractivity contribution is 6.19. The highest BCUT2D eigenvalue weighted by atomic mass is 35.5. The van der Waals surface area contributed by atoms with Crippen molar-refractivity contribution in [3.8, 4) is 0 Å². The number of ether oxygens (including phenoxy) is 1. The minimum absolute atomic E-state index is 0.102. The normalized spacial score (nSPS) is 13.4. The van der Waals surface area contributed by atoms with Crippen LogP contribution in [0, 0.1) is 0 Å². The van der Waals surface area contributed by atoms with Gasteiger partial charge >= 0.3 is 0 Å². The predicted octanol–water partition coefficient (Wildman–Crippen LogP) is 2.14. The Hall–Kier alpha value is 0.210. The Labute approximate surface area is 73.5 Å². The van der Waals surface area contributed by atoms with Crippen LogP contribution in [0.4, 0.5) is 0 Å². The van der Waals surface area contributed by atoms with E-state index in [9.17, 15) is 0 Å². The van der Waals surface area contributed by atoms with Gasteiger partial charge < -0.3 is 9.84 Å². The van der Waals surface area contributed by atoms with Gasteiger partial charge in [0.2, 0.25) is 0 Å². The van der Waals surface area contributed by atoms with Crippen LogP contribution in [0.2, 0.25) is 0 Å². The van der Waals surface area contributed by atoms with Gasteiger partial charge in [0, 0.05) is 6.61 Å². The zero-order chi connectivity index (χ0) is 8.53. The summed E-state index contributed by atoms with van der Waals surface area (Å²) in [6.07, 6.45) is 4.70. The Kier molecular flexibility index (Phi) is 8.47. The summed E-state index contributed by atoms with van der Waals surface area (Å²) < 4.78 is 5.05. The highest BCUT2D eigenvalue weighted by Crippen LogP contribution is 2.02. The first kappa shape index (κ1) is 11.2. The Morgan fingerprint density at radius 1 is 1.36 bits per heavy atom. The second kappa shape index (κ2) is 8.31. The molecule has 0 aromatic rings. The molecule has 68 valence electrons. The second-order valence-corrected chi connectivity index (χ2v) is 3.01. The largest absolute Gasteiger partial charge is 0.392 e. The maximum Gasteiger partial charge on any atom is 0.154 e. The molecule has 3 heteroatoms. The van der Waals surface area contributed by atoms with Crippen LogP contribution in [-0.2, 0) is 4.74 Å². The van der Waals surface area contributed by atoms with E-state index in [1.54, 1.807) is 0 Å². The van der Waals surface area contributed by atoms with Crippen molar-refractivity contribution in [3.05, 3.63) is 0 Å². The number of unbranched alkanes of at least 4 members (excludes halogenated alkanes) is 3. The molecule has 0 aliphatic rings. The fourth-order valence-electron chi connectivity index (χ4n) is 0.793. The van der Waals surface area contributed by atoms with Crippen LogP contribution in [0.5, 0.6) is 0 Å². The standard InChI is InChI=1S/C8H17ClO2/c1-2-3-4-5-6-11-8(9)7-10/h8,10H,2-7H2,1H3.